The van der Waals surface area contributed by atoms with Crippen LogP contribution in [0, 0.1) is 0 Å². The Balaban J connectivity index is 2.18. The van der Waals surface area contributed by atoms with Crippen LogP contribution in [0.5, 0.6) is 5.75 Å². The molecule has 0 bridgehead atoms. The molecular weight excluding hydrogens is 226 g/mol. The van der Waals surface area contributed by atoms with Crippen LogP contribution in [0.2, 0.25) is 0 Å². The quantitative estimate of drug-likeness (QED) is 0.661. The van der Waals surface area contributed by atoms with E-state index < -0.39 is 0 Å². The van der Waals surface area contributed by atoms with E-state index in [2.05, 4.69) is 15.5 Å². The largest absolute Gasteiger partial charge is 0.496 e. The Morgan fingerprint density at radius 2 is 1.94 bits per heavy atom. The molecule has 1 aromatic carbocycles. The molecule has 0 fully saturated rings. The molecule has 0 amide bonds. The van der Waals surface area contributed by atoms with Gasteiger partial charge in [0.1, 0.15) is 11.6 Å². The van der Waals surface area contributed by atoms with Gasteiger partial charge in [-0.15, -0.1) is 0 Å². The van der Waals surface area contributed by atoms with Crippen LogP contribution in [0.3, 0.4) is 0 Å². The van der Waals surface area contributed by atoms with Gasteiger partial charge in [-0.3, -0.25) is 5.43 Å². The predicted molar refractivity (Wildman–Crippen MR) is 73.1 cm³/mol. The molecule has 1 aromatic heterocycles. The topological polar surface area (TPSA) is 46.5 Å². The van der Waals surface area contributed by atoms with Crippen LogP contribution in [0.25, 0.3) is 0 Å². The van der Waals surface area contributed by atoms with Gasteiger partial charge in [0.05, 0.1) is 12.8 Å². The van der Waals surface area contributed by atoms with E-state index in [4.69, 9.17) is 4.74 Å². The minimum absolute atomic E-state index is 0.715. The second-order valence-electron chi connectivity index (χ2n) is 3.72. The normalized spacial score (nSPS) is 11.1. The van der Waals surface area contributed by atoms with Gasteiger partial charge in [-0.1, -0.05) is 18.2 Å². The molecule has 1 heterocycles. The minimum atomic E-state index is 0.715. The maximum absolute atomic E-state index is 5.29. The average Bonchev–Trinajstić information content (AvgIpc) is 2.45. The van der Waals surface area contributed by atoms with E-state index in [0.29, 0.717) is 5.82 Å². The van der Waals surface area contributed by atoms with Crippen LogP contribution in [0.1, 0.15) is 12.5 Å². The standard InChI is InChI=1S/C14H15N3O/c1-11(12-7-3-4-8-13(12)18-2)16-17-14-9-5-6-10-15-14/h3-10H,1-2H3,(H,15,17)/b16-11-. The Morgan fingerprint density at radius 1 is 1.17 bits per heavy atom. The summed E-state index contributed by atoms with van der Waals surface area (Å²) in [4.78, 5) is 4.14. The molecule has 4 heteroatoms. The number of benzene rings is 1. The Hall–Kier alpha value is -2.36. The number of hydrogen-bond acceptors (Lipinski definition) is 4. The molecule has 4 nitrogen and oxygen atoms in total. The molecule has 18 heavy (non-hydrogen) atoms. The number of aromatic nitrogens is 1. The van der Waals surface area contributed by atoms with Crippen molar-refractivity contribution >= 4 is 11.5 Å². The van der Waals surface area contributed by atoms with Crippen molar-refractivity contribution in [2.24, 2.45) is 5.10 Å². The van der Waals surface area contributed by atoms with Crippen LogP contribution in [0.4, 0.5) is 5.82 Å². The van der Waals surface area contributed by atoms with E-state index in [9.17, 15) is 0 Å². The fraction of sp³-hybridized carbons (Fsp3) is 0.143. The van der Waals surface area contributed by atoms with Crippen molar-refractivity contribution in [2.45, 2.75) is 6.92 Å². The van der Waals surface area contributed by atoms with Crippen molar-refractivity contribution in [2.75, 3.05) is 12.5 Å². The van der Waals surface area contributed by atoms with Crippen LogP contribution in [-0.4, -0.2) is 17.8 Å². The summed E-state index contributed by atoms with van der Waals surface area (Å²) in [7, 11) is 1.65. The van der Waals surface area contributed by atoms with Gasteiger partial charge in [-0.25, -0.2) is 4.98 Å². The number of anilines is 1. The SMILES string of the molecule is COc1ccccc1/C(C)=N\Nc1ccccn1. The molecule has 0 aliphatic carbocycles. The van der Waals surface area contributed by atoms with Gasteiger partial charge in [-0.2, -0.15) is 5.10 Å². The molecule has 0 saturated heterocycles. The highest BCUT2D eigenvalue weighted by Crippen LogP contribution is 2.18. The van der Waals surface area contributed by atoms with Gasteiger partial charge < -0.3 is 4.74 Å². The first kappa shape index (κ1) is 12.1. The first-order valence-electron chi connectivity index (χ1n) is 5.66. The molecule has 0 radical (unpaired) electrons. The molecule has 0 unspecified atom stereocenters. The zero-order valence-corrected chi connectivity index (χ0v) is 10.4. The predicted octanol–water partition coefficient (Wildman–Crippen LogP) is 2.93. The number of ether oxygens (including phenoxy) is 1. The third-order valence-corrected chi connectivity index (χ3v) is 2.50. The molecule has 0 atom stereocenters. The Labute approximate surface area is 106 Å². The van der Waals surface area contributed by atoms with Crippen LogP contribution < -0.4 is 10.2 Å². The van der Waals surface area contributed by atoms with E-state index >= 15 is 0 Å². The lowest BCUT2D eigenvalue weighted by Crippen LogP contribution is -2.02. The first-order chi connectivity index (χ1) is 8.81. The van der Waals surface area contributed by atoms with Crippen molar-refractivity contribution < 1.29 is 4.74 Å². The van der Waals surface area contributed by atoms with Crippen LogP contribution in [0.15, 0.2) is 53.8 Å². The van der Waals surface area contributed by atoms with Crippen LogP contribution in [-0.2, 0) is 0 Å². The molecular formula is C14H15N3O. The summed E-state index contributed by atoms with van der Waals surface area (Å²) in [5.41, 5.74) is 4.72. The molecule has 2 rings (SSSR count). The van der Waals surface area contributed by atoms with E-state index in [0.717, 1.165) is 17.0 Å². The molecule has 0 spiro atoms. The lowest BCUT2D eigenvalue weighted by atomic mass is 10.1. The summed E-state index contributed by atoms with van der Waals surface area (Å²) < 4.78 is 5.29. The van der Waals surface area contributed by atoms with Crippen molar-refractivity contribution in [3.8, 4) is 5.75 Å². The molecule has 92 valence electrons. The van der Waals surface area contributed by atoms with Crippen molar-refractivity contribution in [3.05, 3.63) is 54.2 Å². The third kappa shape index (κ3) is 2.85. The van der Waals surface area contributed by atoms with E-state index in [1.165, 1.54) is 0 Å². The smallest absolute Gasteiger partial charge is 0.146 e. The maximum Gasteiger partial charge on any atom is 0.146 e. The number of methoxy groups -OCH3 is 1. The van der Waals surface area contributed by atoms with Crippen molar-refractivity contribution in [3.63, 3.8) is 0 Å². The summed E-state index contributed by atoms with van der Waals surface area (Å²) in [6.45, 7) is 1.92. The van der Waals surface area contributed by atoms with Crippen LogP contribution >= 0.6 is 0 Å². The first-order valence-corrected chi connectivity index (χ1v) is 5.66. The molecule has 0 aliphatic rings. The maximum atomic E-state index is 5.29. The van der Waals surface area contributed by atoms with E-state index in [-0.39, 0.29) is 0 Å². The second-order valence-corrected chi connectivity index (χ2v) is 3.72. The average molecular weight is 241 g/mol. The highest BCUT2D eigenvalue weighted by molar-refractivity contribution is 6.01. The second kappa shape index (κ2) is 5.82. The Morgan fingerprint density at radius 3 is 2.67 bits per heavy atom. The number of hydrazone groups is 1. The fourth-order valence-electron chi connectivity index (χ4n) is 1.57. The number of hydrogen-bond donors (Lipinski definition) is 1. The third-order valence-electron chi connectivity index (χ3n) is 2.50. The van der Waals surface area contributed by atoms with Gasteiger partial charge in [0.15, 0.2) is 0 Å². The number of nitrogens with zero attached hydrogens (tertiary/aromatic N) is 2. The summed E-state index contributed by atoms with van der Waals surface area (Å²) in [6.07, 6.45) is 1.72. The molecule has 1 N–H and O–H groups in total. The summed E-state index contributed by atoms with van der Waals surface area (Å²) in [5.74, 6) is 1.52. The Kier molecular flexibility index (Phi) is 3.91. The number of nitrogens with one attached hydrogen (secondary N) is 1. The molecule has 0 aliphatic heterocycles. The van der Waals surface area contributed by atoms with Crippen molar-refractivity contribution in [1.82, 2.24) is 4.98 Å². The highest BCUT2D eigenvalue weighted by atomic mass is 16.5. The van der Waals surface area contributed by atoms with Gasteiger partial charge >= 0.3 is 0 Å². The van der Waals surface area contributed by atoms with E-state index in [1.54, 1.807) is 13.3 Å². The van der Waals surface area contributed by atoms with Gasteiger partial charge in [0.2, 0.25) is 0 Å². The summed E-state index contributed by atoms with van der Waals surface area (Å²) in [6, 6.07) is 13.4. The monoisotopic (exact) mass is 241 g/mol. The van der Waals surface area contributed by atoms with Gasteiger partial charge in [-0.05, 0) is 31.2 Å². The zero-order valence-electron chi connectivity index (χ0n) is 10.4. The van der Waals surface area contributed by atoms with Gasteiger partial charge in [0, 0.05) is 11.8 Å². The zero-order chi connectivity index (χ0) is 12.8. The van der Waals surface area contributed by atoms with Gasteiger partial charge in [0.25, 0.3) is 0 Å². The molecule has 2 aromatic rings. The minimum Gasteiger partial charge on any atom is -0.496 e. The lowest BCUT2D eigenvalue weighted by Gasteiger charge is -2.07. The fourth-order valence-corrected chi connectivity index (χ4v) is 1.57. The summed E-state index contributed by atoms with van der Waals surface area (Å²) >= 11 is 0. The number of pyridine rings is 1. The van der Waals surface area contributed by atoms with E-state index in [1.807, 2.05) is 49.4 Å². The highest BCUT2D eigenvalue weighted by Gasteiger charge is 2.04. The molecule has 0 saturated carbocycles. The Bertz CT molecular complexity index is 538. The van der Waals surface area contributed by atoms with Crippen molar-refractivity contribution in [1.29, 1.82) is 0 Å². The number of rotatable bonds is 4. The lowest BCUT2D eigenvalue weighted by molar-refractivity contribution is 0.414. The number of para-hydroxylation sites is 1. The summed E-state index contributed by atoms with van der Waals surface area (Å²) in [5, 5.41) is 4.30.